The van der Waals surface area contributed by atoms with Gasteiger partial charge >= 0.3 is 0 Å². The monoisotopic (exact) mass is 395 g/mol. The van der Waals surface area contributed by atoms with Gasteiger partial charge in [0, 0.05) is 18.4 Å². The van der Waals surface area contributed by atoms with Crippen LogP contribution in [0.3, 0.4) is 0 Å². The number of aryl methyl sites for hydroxylation is 3. The van der Waals surface area contributed by atoms with E-state index < -0.39 is 0 Å². The second-order valence-electron chi connectivity index (χ2n) is 6.78. The van der Waals surface area contributed by atoms with Crippen molar-refractivity contribution < 1.29 is 4.79 Å². The van der Waals surface area contributed by atoms with Crippen LogP contribution in [0.5, 0.6) is 0 Å². The van der Waals surface area contributed by atoms with E-state index in [0.717, 1.165) is 46.5 Å². The van der Waals surface area contributed by atoms with Crippen LogP contribution in [0.15, 0.2) is 41.7 Å². The van der Waals surface area contributed by atoms with E-state index in [1.807, 2.05) is 36.6 Å². The Bertz CT molecular complexity index is 945. The van der Waals surface area contributed by atoms with Crippen LogP contribution in [0.1, 0.15) is 30.0 Å². The molecular weight excluding hydrogens is 370 g/mol. The SMILES string of the molecule is CCCn1c(SCC(=O)Nc2c(C)cc(C)cc2C)nnc1-c1ccccn1. The molecule has 0 aliphatic rings. The van der Waals surface area contributed by atoms with Crippen LogP contribution in [-0.2, 0) is 11.3 Å². The van der Waals surface area contributed by atoms with Gasteiger partial charge in [0.05, 0.1) is 5.75 Å². The Morgan fingerprint density at radius 1 is 1.14 bits per heavy atom. The van der Waals surface area contributed by atoms with Gasteiger partial charge in [-0.15, -0.1) is 10.2 Å². The molecule has 0 aliphatic carbocycles. The van der Waals surface area contributed by atoms with Crippen LogP contribution < -0.4 is 5.32 Å². The van der Waals surface area contributed by atoms with Crippen molar-refractivity contribution in [3.8, 4) is 11.5 Å². The highest BCUT2D eigenvalue weighted by Crippen LogP contribution is 2.25. The number of pyridine rings is 1. The highest BCUT2D eigenvalue weighted by molar-refractivity contribution is 7.99. The Morgan fingerprint density at radius 3 is 2.54 bits per heavy atom. The fraction of sp³-hybridized carbons (Fsp3) is 0.333. The number of carbonyl (C=O) groups excluding carboxylic acids is 1. The van der Waals surface area contributed by atoms with E-state index in [1.54, 1.807) is 6.20 Å². The molecule has 0 spiro atoms. The highest BCUT2D eigenvalue weighted by atomic mass is 32.2. The standard InChI is InChI=1S/C21H25N5OS/c1-5-10-26-20(17-8-6-7-9-22-17)24-25-21(26)28-13-18(27)23-19-15(3)11-14(2)12-16(19)4/h6-9,11-12H,5,10,13H2,1-4H3,(H,23,27). The summed E-state index contributed by atoms with van der Waals surface area (Å²) in [5, 5.41) is 12.4. The second kappa shape index (κ2) is 9.01. The summed E-state index contributed by atoms with van der Waals surface area (Å²) < 4.78 is 2.03. The summed E-state index contributed by atoms with van der Waals surface area (Å²) in [6.07, 6.45) is 2.69. The zero-order chi connectivity index (χ0) is 20.1. The summed E-state index contributed by atoms with van der Waals surface area (Å²) >= 11 is 1.39. The number of hydrogen-bond donors (Lipinski definition) is 1. The van der Waals surface area contributed by atoms with Crippen molar-refractivity contribution in [3.63, 3.8) is 0 Å². The van der Waals surface area contributed by atoms with Gasteiger partial charge in [-0.25, -0.2) is 0 Å². The fourth-order valence-electron chi connectivity index (χ4n) is 3.19. The molecule has 2 aromatic heterocycles. The van der Waals surface area contributed by atoms with Gasteiger partial charge in [0.25, 0.3) is 0 Å². The van der Waals surface area contributed by atoms with E-state index in [2.05, 4.69) is 46.5 Å². The van der Waals surface area contributed by atoms with Gasteiger partial charge < -0.3 is 9.88 Å². The van der Waals surface area contributed by atoms with Crippen molar-refractivity contribution in [2.45, 2.75) is 45.8 Å². The third-order valence-electron chi connectivity index (χ3n) is 4.33. The number of nitrogens with zero attached hydrogens (tertiary/aromatic N) is 4. The Kier molecular flexibility index (Phi) is 6.46. The first-order chi connectivity index (χ1) is 13.5. The molecule has 0 fully saturated rings. The van der Waals surface area contributed by atoms with Crippen LogP contribution in [-0.4, -0.2) is 31.4 Å². The Labute approximate surface area is 169 Å². The maximum atomic E-state index is 12.5. The molecule has 2 heterocycles. The maximum absolute atomic E-state index is 12.5. The number of amides is 1. The molecule has 6 nitrogen and oxygen atoms in total. The number of aromatic nitrogens is 4. The molecule has 3 rings (SSSR count). The Morgan fingerprint density at radius 2 is 1.89 bits per heavy atom. The summed E-state index contributed by atoms with van der Waals surface area (Å²) in [5.74, 6) is 0.956. The van der Waals surface area contributed by atoms with Gasteiger partial charge in [0.2, 0.25) is 5.91 Å². The zero-order valence-electron chi connectivity index (χ0n) is 16.7. The molecular formula is C21H25N5OS. The minimum absolute atomic E-state index is 0.0505. The van der Waals surface area contributed by atoms with Crippen molar-refractivity contribution in [1.29, 1.82) is 0 Å². The number of anilines is 1. The molecule has 146 valence electrons. The lowest BCUT2D eigenvalue weighted by molar-refractivity contribution is -0.113. The number of benzene rings is 1. The van der Waals surface area contributed by atoms with Crippen molar-refractivity contribution in [1.82, 2.24) is 19.7 Å². The van der Waals surface area contributed by atoms with E-state index in [9.17, 15) is 4.79 Å². The predicted octanol–water partition coefficient (Wildman–Crippen LogP) is 4.41. The first kappa shape index (κ1) is 20.1. The molecule has 1 N–H and O–H groups in total. The summed E-state index contributed by atoms with van der Waals surface area (Å²) in [4.78, 5) is 16.9. The lowest BCUT2D eigenvalue weighted by atomic mass is 10.1. The zero-order valence-corrected chi connectivity index (χ0v) is 17.5. The molecule has 3 aromatic rings. The molecule has 1 aromatic carbocycles. The van der Waals surface area contributed by atoms with Crippen molar-refractivity contribution >= 4 is 23.4 Å². The Hall–Kier alpha value is -2.67. The number of rotatable bonds is 7. The van der Waals surface area contributed by atoms with Gasteiger partial charge in [0.1, 0.15) is 5.69 Å². The maximum Gasteiger partial charge on any atom is 0.234 e. The predicted molar refractivity (Wildman–Crippen MR) is 114 cm³/mol. The topological polar surface area (TPSA) is 72.7 Å². The molecule has 7 heteroatoms. The summed E-state index contributed by atoms with van der Waals surface area (Å²) in [6, 6.07) is 9.87. The largest absolute Gasteiger partial charge is 0.325 e. The third-order valence-corrected chi connectivity index (χ3v) is 5.30. The molecule has 0 aliphatic heterocycles. The molecule has 0 atom stereocenters. The van der Waals surface area contributed by atoms with Crippen LogP contribution in [0.2, 0.25) is 0 Å². The lowest BCUT2D eigenvalue weighted by Crippen LogP contribution is -2.16. The normalized spacial score (nSPS) is 10.9. The molecule has 1 amide bonds. The van der Waals surface area contributed by atoms with Gasteiger partial charge in [-0.05, 0) is 50.5 Å². The first-order valence-corrected chi connectivity index (χ1v) is 10.3. The summed E-state index contributed by atoms with van der Waals surface area (Å²) in [7, 11) is 0. The summed E-state index contributed by atoms with van der Waals surface area (Å²) in [5.41, 5.74) is 5.01. The van der Waals surface area contributed by atoms with Crippen molar-refractivity contribution in [2.75, 3.05) is 11.1 Å². The smallest absolute Gasteiger partial charge is 0.234 e. The number of carbonyl (C=O) groups is 1. The van der Waals surface area contributed by atoms with Crippen LogP contribution in [0, 0.1) is 20.8 Å². The van der Waals surface area contributed by atoms with E-state index in [0.29, 0.717) is 0 Å². The highest BCUT2D eigenvalue weighted by Gasteiger charge is 2.16. The molecule has 0 bridgehead atoms. The van der Waals surface area contributed by atoms with Crippen LogP contribution >= 0.6 is 11.8 Å². The van der Waals surface area contributed by atoms with Gasteiger partial charge in [-0.1, -0.05) is 42.4 Å². The third kappa shape index (κ3) is 4.59. The molecule has 28 heavy (non-hydrogen) atoms. The molecule has 0 unspecified atom stereocenters. The molecule has 0 saturated carbocycles. The minimum Gasteiger partial charge on any atom is -0.325 e. The van der Waals surface area contributed by atoms with Crippen LogP contribution in [0.4, 0.5) is 5.69 Å². The average Bonchev–Trinajstić information content (AvgIpc) is 3.07. The summed E-state index contributed by atoms with van der Waals surface area (Å²) in [6.45, 7) is 8.96. The number of hydrogen-bond acceptors (Lipinski definition) is 5. The molecule has 0 saturated heterocycles. The van der Waals surface area contributed by atoms with Gasteiger partial charge in [-0.2, -0.15) is 0 Å². The van der Waals surface area contributed by atoms with Crippen LogP contribution in [0.25, 0.3) is 11.5 Å². The van der Waals surface area contributed by atoms with Crippen molar-refractivity contribution in [3.05, 3.63) is 53.2 Å². The number of thioether (sulfide) groups is 1. The minimum atomic E-state index is -0.0505. The second-order valence-corrected chi connectivity index (χ2v) is 7.73. The average molecular weight is 396 g/mol. The lowest BCUT2D eigenvalue weighted by Gasteiger charge is -2.13. The van der Waals surface area contributed by atoms with E-state index in [4.69, 9.17) is 0 Å². The molecule has 0 radical (unpaired) electrons. The first-order valence-electron chi connectivity index (χ1n) is 9.34. The fourth-order valence-corrected chi connectivity index (χ4v) is 3.95. The number of nitrogens with one attached hydrogen (secondary N) is 1. The van der Waals surface area contributed by atoms with Crippen molar-refractivity contribution in [2.24, 2.45) is 0 Å². The van der Waals surface area contributed by atoms with E-state index >= 15 is 0 Å². The van der Waals surface area contributed by atoms with Gasteiger partial charge in [0.15, 0.2) is 11.0 Å². The Balaban J connectivity index is 1.72. The van der Waals surface area contributed by atoms with Gasteiger partial charge in [-0.3, -0.25) is 9.78 Å². The van der Waals surface area contributed by atoms with E-state index in [1.165, 1.54) is 17.3 Å². The van der Waals surface area contributed by atoms with E-state index in [-0.39, 0.29) is 11.7 Å². The quantitative estimate of drug-likeness (QED) is 0.600.